The molecule has 0 rings (SSSR count). The smallest absolute Gasteiger partial charge is 0.691 e. The summed E-state index contributed by atoms with van der Waals surface area (Å²) >= 11 is 0.982. The molecule has 0 fully saturated rings. The molecule has 0 aromatic heterocycles. The monoisotopic (exact) mass is 316 g/mol. The van der Waals surface area contributed by atoms with E-state index in [9.17, 15) is 5.26 Å². The number of rotatable bonds is 13. The molecule has 0 aliphatic rings. The normalized spacial score (nSPS) is 12.9. The number of hydrogen-bond acceptors (Lipinski definition) is 6. The van der Waals surface area contributed by atoms with Gasteiger partial charge in [-0.2, -0.15) is 9.22 Å². The van der Waals surface area contributed by atoms with Crippen molar-refractivity contribution in [3.63, 3.8) is 0 Å². The molecule has 0 heterocycles. The predicted molar refractivity (Wildman–Crippen MR) is 73.4 cm³/mol. The fourth-order valence-electron chi connectivity index (χ4n) is 1.39. The van der Waals surface area contributed by atoms with Crippen LogP contribution in [0.2, 0.25) is 0 Å². The van der Waals surface area contributed by atoms with Gasteiger partial charge in [0.15, 0.2) is 0 Å². The van der Waals surface area contributed by atoms with Crippen molar-refractivity contribution in [1.29, 1.82) is 0 Å². The molecule has 0 aliphatic carbocycles. The number of unbranched alkanes of at least 4 members (excludes halogenated alkanes) is 2. The van der Waals surface area contributed by atoms with Crippen LogP contribution in [0.1, 0.15) is 59.3 Å². The van der Waals surface area contributed by atoms with E-state index in [1.54, 1.807) is 0 Å². The van der Waals surface area contributed by atoms with E-state index in [0.717, 1.165) is 56.3 Å². The van der Waals surface area contributed by atoms with Crippen molar-refractivity contribution < 1.29 is 54.0 Å². The van der Waals surface area contributed by atoms with Gasteiger partial charge in [-0.3, -0.25) is 5.04 Å². The summed E-state index contributed by atoms with van der Waals surface area (Å²) in [7, 11) is 0. The molecular formula is C13H25NaO5S. The first-order valence-corrected chi connectivity index (χ1v) is 7.71. The second-order valence-corrected chi connectivity index (χ2v) is 5.11. The summed E-state index contributed by atoms with van der Waals surface area (Å²) in [6, 6.07) is 0. The Balaban J connectivity index is 0. The first-order chi connectivity index (χ1) is 9.28. The van der Waals surface area contributed by atoms with Gasteiger partial charge in [-0.05, 0) is 25.3 Å². The largest absolute Gasteiger partial charge is 1.00 e. The minimum absolute atomic E-state index is 0. The molecule has 0 spiro atoms. The molecular weight excluding hydrogens is 291 g/mol. The molecule has 0 aliphatic heterocycles. The quantitative estimate of drug-likeness (QED) is 0.123. The Morgan fingerprint density at radius 1 is 1.20 bits per heavy atom. The Morgan fingerprint density at radius 3 is 2.50 bits per heavy atom. The van der Waals surface area contributed by atoms with Crippen molar-refractivity contribution in [3.05, 3.63) is 11.8 Å². The van der Waals surface area contributed by atoms with E-state index < -0.39 is 0 Å². The van der Waals surface area contributed by atoms with E-state index in [1.807, 2.05) is 19.9 Å². The second-order valence-electron chi connectivity index (χ2n) is 4.17. The van der Waals surface area contributed by atoms with Gasteiger partial charge >= 0.3 is 29.6 Å². The van der Waals surface area contributed by atoms with Crippen LogP contribution in [-0.4, -0.2) is 11.9 Å². The van der Waals surface area contributed by atoms with Gasteiger partial charge in [0.25, 0.3) is 0 Å². The molecule has 0 amide bonds. The van der Waals surface area contributed by atoms with Crippen molar-refractivity contribution in [2.45, 2.75) is 64.5 Å². The zero-order chi connectivity index (χ0) is 14.3. The van der Waals surface area contributed by atoms with Gasteiger partial charge in [-0.1, -0.05) is 33.6 Å². The minimum atomic E-state index is 0. The average molecular weight is 316 g/mol. The molecule has 5 nitrogen and oxygen atoms in total. The van der Waals surface area contributed by atoms with Crippen LogP contribution in [0.4, 0.5) is 0 Å². The molecule has 7 heteroatoms. The third kappa shape index (κ3) is 13.7. The fraction of sp³-hybridized carbons (Fsp3) is 0.846. The molecule has 0 saturated carbocycles. The van der Waals surface area contributed by atoms with Crippen LogP contribution in [0.3, 0.4) is 0 Å². The summed E-state index contributed by atoms with van der Waals surface area (Å²) in [5, 5.41) is 13.2. The van der Waals surface area contributed by atoms with Crippen molar-refractivity contribution in [2.75, 3.05) is 6.61 Å². The van der Waals surface area contributed by atoms with Crippen LogP contribution >= 0.6 is 12.0 Å². The fourth-order valence-corrected chi connectivity index (χ4v) is 1.87. The predicted octanol–water partition coefficient (Wildman–Crippen LogP) is 0.463. The minimum Gasteiger partial charge on any atom is -0.691 e. The van der Waals surface area contributed by atoms with Crippen molar-refractivity contribution >= 4 is 12.0 Å². The molecule has 0 bridgehead atoms. The van der Waals surface area contributed by atoms with Gasteiger partial charge in [0.1, 0.15) is 5.76 Å². The zero-order valence-electron chi connectivity index (χ0n) is 13.1. The summed E-state index contributed by atoms with van der Waals surface area (Å²) in [5.74, 6) is 0.788. The average Bonchev–Trinajstić information content (AvgIpc) is 2.43. The van der Waals surface area contributed by atoms with E-state index in [0.29, 0.717) is 6.61 Å². The first-order valence-electron chi connectivity index (χ1n) is 6.90. The SMILES string of the molecule is CCCCC/C(=C/C(CC)SOO[O-])OOCCC.[Na+]. The maximum Gasteiger partial charge on any atom is 1.00 e. The Hall–Kier alpha value is 0.730. The van der Waals surface area contributed by atoms with Gasteiger partial charge in [0.2, 0.25) is 0 Å². The van der Waals surface area contributed by atoms with Gasteiger partial charge in [0, 0.05) is 18.5 Å². The van der Waals surface area contributed by atoms with Gasteiger partial charge < -0.3 is 10.1 Å². The van der Waals surface area contributed by atoms with Crippen LogP contribution in [0, 0.1) is 0 Å². The molecule has 0 saturated heterocycles. The van der Waals surface area contributed by atoms with Crippen LogP contribution in [0.25, 0.3) is 0 Å². The summed E-state index contributed by atoms with van der Waals surface area (Å²) < 4.78 is 4.36. The van der Waals surface area contributed by atoms with Gasteiger partial charge in [0.05, 0.1) is 11.9 Å². The van der Waals surface area contributed by atoms with Gasteiger partial charge in [-0.15, -0.1) is 0 Å². The molecule has 0 aromatic carbocycles. The Morgan fingerprint density at radius 2 is 1.95 bits per heavy atom. The molecule has 1 unspecified atom stereocenters. The second kappa shape index (κ2) is 17.8. The Kier molecular flexibility index (Phi) is 20.5. The van der Waals surface area contributed by atoms with E-state index in [4.69, 9.17) is 9.78 Å². The van der Waals surface area contributed by atoms with Crippen LogP contribution in [-0.2, 0) is 19.1 Å². The van der Waals surface area contributed by atoms with Crippen LogP contribution in [0.5, 0.6) is 0 Å². The third-order valence-corrected chi connectivity index (χ3v) is 3.30. The number of allylic oxidation sites excluding steroid dienone is 1. The van der Waals surface area contributed by atoms with Gasteiger partial charge in [-0.25, -0.2) is 0 Å². The standard InChI is InChI=1S/C13H26O5S.Na/c1-4-7-8-9-12(16-15-10-5-2)11-13(6-3)19-18-17-14;/h11,13-14H,4-10H2,1-3H3;/q;+1/p-1/b12-11-;. The molecule has 114 valence electrons. The first kappa shape index (κ1) is 23.0. The van der Waals surface area contributed by atoms with Crippen molar-refractivity contribution in [3.8, 4) is 0 Å². The maximum absolute atomic E-state index is 9.84. The Bertz CT molecular complexity index is 217. The zero-order valence-corrected chi connectivity index (χ0v) is 15.9. The van der Waals surface area contributed by atoms with Crippen LogP contribution < -0.4 is 34.8 Å². The van der Waals surface area contributed by atoms with Crippen molar-refractivity contribution in [1.82, 2.24) is 0 Å². The van der Waals surface area contributed by atoms with Crippen LogP contribution in [0.15, 0.2) is 11.8 Å². The molecule has 20 heavy (non-hydrogen) atoms. The topological polar surface area (TPSA) is 60.0 Å². The molecule has 0 radical (unpaired) electrons. The maximum atomic E-state index is 9.84. The van der Waals surface area contributed by atoms with E-state index in [1.165, 1.54) is 0 Å². The molecule has 1 atom stereocenters. The molecule has 0 N–H and O–H groups in total. The van der Waals surface area contributed by atoms with E-state index in [-0.39, 0.29) is 34.8 Å². The number of hydrogen-bond donors (Lipinski definition) is 0. The van der Waals surface area contributed by atoms with E-state index in [2.05, 4.69) is 16.3 Å². The summed E-state index contributed by atoms with van der Waals surface area (Å²) in [4.78, 5) is 10.4. The summed E-state index contributed by atoms with van der Waals surface area (Å²) in [6.07, 6.45) is 7.82. The summed E-state index contributed by atoms with van der Waals surface area (Å²) in [6.45, 7) is 6.74. The third-order valence-electron chi connectivity index (χ3n) is 2.44. The van der Waals surface area contributed by atoms with E-state index >= 15 is 0 Å². The van der Waals surface area contributed by atoms with Crippen molar-refractivity contribution in [2.24, 2.45) is 0 Å². The Labute approximate surface area is 148 Å². The summed E-state index contributed by atoms with van der Waals surface area (Å²) in [5.41, 5.74) is 0. The molecule has 0 aromatic rings.